The lowest BCUT2D eigenvalue weighted by Crippen LogP contribution is -2.37. The number of nitrogens with zero attached hydrogens (tertiary/aromatic N) is 1. The summed E-state index contributed by atoms with van der Waals surface area (Å²) >= 11 is 0. The van der Waals surface area contributed by atoms with Crippen LogP contribution in [0.25, 0.3) is 0 Å². The summed E-state index contributed by atoms with van der Waals surface area (Å²) in [7, 11) is 1.65. The number of amides is 1. The molecule has 0 unspecified atom stereocenters. The first kappa shape index (κ1) is 17.2. The molecule has 2 aromatic rings. The second kappa shape index (κ2) is 7.49. The summed E-state index contributed by atoms with van der Waals surface area (Å²) in [5.41, 5.74) is 4.32. The molecule has 1 amide bonds. The van der Waals surface area contributed by atoms with E-state index in [9.17, 15) is 9.59 Å². The van der Waals surface area contributed by atoms with Crippen molar-refractivity contribution in [1.29, 1.82) is 0 Å². The van der Waals surface area contributed by atoms with Crippen molar-refractivity contribution >= 4 is 11.9 Å². The molecule has 2 aromatic carbocycles. The number of carboxylic acids is 1. The van der Waals surface area contributed by atoms with Gasteiger partial charge >= 0.3 is 5.97 Å². The summed E-state index contributed by atoms with van der Waals surface area (Å²) in [6.45, 7) is 1.65. The Labute approximate surface area is 146 Å². The zero-order chi connectivity index (χ0) is 17.8. The summed E-state index contributed by atoms with van der Waals surface area (Å²) in [6, 6.07) is 13.0. The van der Waals surface area contributed by atoms with E-state index >= 15 is 0 Å². The Balaban J connectivity index is 1.70. The summed E-state index contributed by atoms with van der Waals surface area (Å²) in [5, 5.41) is 9.14. The first-order valence-corrected chi connectivity index (χ1v) is 8.26. The Morgan fingerprint density at radius 1 is 1.12 bits per heavy atom. The molecule has 5 nitrogen and oxygen atoms in total. The quantitative estimate of drug-likeness (QED) is 0.909. The molecule has 0 saturated heterocycles. The van der Waals surface area contributed by atoms with Crippen molar-refractivity contribution in [3.05, 3.63) is 70.3 Å². The SMILES string of the molecule is COCc1cccc(CC(=O)N2CCc3ccc(C(=O)O)cc3C2)c1. The molecule has 130 valence electrons. The minimum absolute atomic E-state index is 0.0564. The fourth-order valence-corrected chi connectivity index (χ4v) is 3.19. The molecule has 0 fully saturated rings. The van der Waals surface area contributed by atoms with Crippen molar-refractivity contribution in [2.45, 2.75) is 26.0 Å². The number of aromatic carboxylic acids is 1. The molecule has 1 aliphatic heterocycles. The molecule has 5 heteroatoms. The lowest BCUT2D eigenvalue weighted by atomic mass is 9.97. The van der Waals surface area contributed by atoms with Gasteiger partial charge in [0, 0.05) is 20.2 Å². The Morgan fingerprint density at radius 2 is 1.92 bits per heavy atom. The van der Waals surface area contributed by atoms with E-state index in [1.165, 1.54) is 0 Å². The third-order valence-corrected chi connectivity index (χ3v) is 4.48. The average Bonchev–Trinajstić information content (AvgIpc) is 2.61. The van der Waals surface area contributed by atoms with Crippen LogP contribution < -0.4 is 0 Å². The number of rotatable bonds is 5. The van der Waals surface area contributed by atoms with Crippen molar-refractivity contribution in [2.24, 2.45) is 0 Å². The van der Waals surface area contributed by atoms with Gasteiger partial charge in [0.1, 0.15) is 0 Å². The Kier molecular flexibility index (Phi) is 5.14. The van der Waals surface area contributed by atoms with Crippen LogP contribution in [0, 0.1) is 0 Å². The summed E-state index contributed by atoms with van der Waals surface area (Å²) in [6.07, 6.45) is 1.09. The summed E-state index contributed by atoms with van der Waals surface area (Å²) < 4.78 is 5.13. The molecule has 0 bridgehead atoms. The summed E-state index contributed by atoms with van der Waals surface area (Å²) in [5.74, 6) is -0.887. The number of carbonyl (C=O) groups is 2. The highest BCUT2D eigenvalue weighted by Gasteiger charge is 2.21. The highest BCUT2D eigenvalue weighted by molar-refractivity contribution is 5.88. The van der Waals surface area contributed by atoms with Gasteiger partial charge in [-0.2, -0.15) is 0 Å². The van der Waals surface area contributed by atoms with Gasteiger partial charge in [0.05, 0.1) is 18.6 Å². The molecule has 3 rings (SSSR count). The van der Waals surface area contributed by atoms with Gasteiger partial charge in [-0.15, -0.1) is 0 Å². The van der Waals surface area contributed by atoms with E-state index in [1.807, 2.05) is 30.3 Å². The number of ether oxygens (including phenoxy) is 1. The maximum atomic E-state index is 12.6. The number of fused-ring (bicyclic) bond motifs is 1. The van der Waals surface area contributed by atoms with Crippen LogP contribution in [0.1, 0.15) is 32.6 Å². The molecular weight excluding hydrogens is 318 g/mol. The molecule has 1 N–H and O–H groups in total. The first-order valence-electron chi connectivity index (χ1n) is 8.26. The molecule has 0 radical (unpaired) electrons. The van der Waals surface area contributed by atoms with Crippen molar-refractivity contribution in [3.63, 3.8) is 0 Å². The van der Waals surface area contributed by atoms with Gasteiger partial charge < -0.3 is 14.7 Å². The number of hydrogen-bond donors (Lipinski definition) is 1. The van der Waals surface area contributed by atoms with Crippen LogP contribution in [-0.4, -0.2) is 35.5 Å². The van der Waals surface area contributed by atoms with E-state index in [-0.39, 0.29) is 11.5 Å². The van der Waals surface area contributed by atoms with Gasteiger partial charge in [-0.1, -0.05) is 30.3 Å². The van der Waals surface area contributed by atoms with Crippen LogP contribution >= 0.6 is 0 Å². The number of carboxylic acid groups (broad SMARTS) is 1. The van der Waals surface area contributed by atoms with Crippen LogP contribution in [0.15, 0.2) is 42.5 Å². The average molecular weight is 339 g/mol. The fourth-order valence-electron chi connectivity index (χ4n) is 3.19. The Morgan fingerprint density at radius 3 is 2.68 bits per heavy atom. The molecule has 1 heterocycles. The van der Waals surface area contributed by atoms with Crippen LogP contribution in [0.3, 0.4) is 0 Å². The van der Waals surface area contributed by atoms with Crippen LogP contribution in [0.5, 0.6) is 0 Å². The van der Waals surface area contributed by atoms with Gasteiger partial charge in [0.25, 0.3) is 0 Å². The van der Waals surface area contributed by atoms with E-state index < -0.39 is 5.97 Å². The predicted molar refractivity (Wildman–Crippen MR) is 93.4 cm³/mol. The zero-order valence-electron chi connectivity index (χ0n) is 14.2. The highest BCUT2D eigenvalue weighted by Crippen LogP contribution is 2.21. The molecule has 0 aliphatic carbocycles. The van der Waals surface area contributed by atoms with E-state index in [2.05, 4.69) is 0 Å². The largest absolute Gasteiger partial charge is 0.478 e. The molecule has 1 aliphatic rings. The Hall–Kier alpha value is -2.66. The third kappa shape index (κ3) is 4.06. The monoisotopic (exact) mass is 339 g/mol. The molecule has 0 saturated carbocycles. The van der Waals surface area contributed by atoms with Gasteiger partial charge in [0.15, 0.2) is 0 Å². The van der Waals surface area contributed by atoms with Crippen molar-refractivity contribution < 1.29 is 19.4 Å². The van der Waals surface area contributed by atoms with Gasteiger partial charge in [-0.25, -0.2) is 4.79 Å². The van der Waals surface area contributed by atoms with Crippen LogP contribution in [0.2, 0.25) is 0 Å². The third-order valence-electron chi connectivity index (χ3n) is 4.48. The van der Waals surface area contributed by atoms with E-state index in [1.54, 1.807) is 24.1 Å². The minimum Gasteiger partial charge on any atom is -0.478 e. The van der Waals surface area contributed by atoms with Gasteiger partial charge in [0.2, 0.25) is 5.91 Å². The molecule has 0 aromatic heterocycles. The highest BCUT2D eigenvalue weighted by atomic mass is 16.5. The standard InChI is InChI=1S/C20H21NO4/c1-25-13-15-4-2-3-14(9-15)10-19(22)21-8-7-16-5-6-17(20(23)24)11-18(16)12-21/h2-6,9,11H,7-8,10,12-13H2,1H3,(H,23,24). The van der Waals surface area contributed by atoms with Crippen LogP contribution in [0.4, 0.5) is 0 Å². The predicted octanol–water partition coefficient (Wildman–Crippen LogP) is 2.66. The first-order chi connectivity index (χ1) is 12.1. The second-order valence-corrected chi connectivity index (χ2v) is 6.28. The molecule has 0 atom stereocenters. The van der Waals surface area contributed by atoms with Crippen molar-refractivity contribution in [1.82, 2.24) is 4.90 Å². The Bertz CT molecular complexity index is 800. The van der Waals surface area contributed by atoms with Crippen molar-refractivity contribution in [3.8, 4) is 0 Å². The summed E-state index contributed by atoms with van der Waals surface area (Å²) in [4.78, 5) is 25.6. The van der Waals surface area contributed by atoms with Crippen LogP contribution in [-0.2, 0) is 35.5 Å². The minimum atomic E-state index is -0.943. The van der Waals surface area contributed by atoms with E-state index in [4.69, 9.17) is 9.84 Å². The lowest BCUT2D eigenvalue weighted by Gasteiger charge is -2.29. The smallest absolute Gasteiger partial charge is 0.335 e. The molecule has 25 heavy (non-hydrogen) atoms. The number of carbonyl (C=O) groups excluding carboxylic acids is 1. The zero-order valence-corrected chi connectivity index (χ0v) is 14.2. The molecular formula is C20H21NO4. The van der Waals surface area contributed by atoms with Gasteiger partial charge in [-0.3, -0.25) is 4.79 Å². The molecule has 0 spiro atoms. The lowest BCUT2D eigenvalue weighted by molar-refractivity contribution is -0.131. The normalized spacial score (nSPS) is 13.4. The number of methoxy groups -OCH3 is 1. The topological polar surface area (TPSA) is 66.8 Å². The van der Waals surface area contributed by atoms with Crippen molar-refractivity contribution in [2.75, 3.05) is 13.7 Å². The fraction of sp³-hybridized carbons (Fsp3) is 0.300. The maximum Gasteiger partial charge on any atom is 0.335 e. The van der Waals surface area contributed by atoms with E-state index in [0.717, 1.165) is 28.7 Å². The van der Waals surface area contributed by atoms with Gasteiger partial charge in [-0.05, 0) is 40.8 Å². The number of hydrogen-bond acceptors (Lipinski definition) is 3. The maximum absolute atomic E-state index is 12.6. The number of benzene rings is 2. The second-order valence-electron chi connectivity index (χ2n) is 6.28. The van der Waals surface area contributed by atoms with E-state index in [0.29, 0.717) is 26.1 Å².